The summed E-state index contributed by atoms with van der Waals surface area (Å²) in [6.45, 7) is 1.37. The summed E-state index contributed by atoms with van der Waals surface area (Å²) in [6, 6.07) is 4.12. The van der Waals surface area contributed by atoms with Crippen LogP contribution in [0.4, 0.5) is 5.82 Å². The maximum atomic E-state index is 11.5. The second kappa shape index (κ2) is 6.46. The van der Waals surface area contributed by atoms with Crippen LogP contribution in [-0.4, -0.2) is 38.8 Å². The molecule has 0 aromatic carbocycles. The molecule has 2 aliphatic rings. The average molecular weight is 334 g/mol. The standard InChI is InChI=1S/C16H22N4O2S/c1-23(21,22)19-14-6-4-8-20(11-14)16-13(10-17)9-12-5-2-3-7-15(12)18-16/h9,14,19H,2-8,11H2,1H3/t14-/m1/s1. The summed E-state index contributed by atoms with van der Waals surface area (Å²) in [5.41, 5.74) is 2.90. The zero-order valence-corrected chi connectivity index (χ0v) is 14.2. The Kier molecular flexibility index (Phi) is 4.55. The molecule has 1 aromatic rings. The number of piperidine rings is 1. The molecule has 23 heavy (non-hydrogen) atoms. The summed E-state index contributed by atoms with van der Waals surface area (Å²) in [7, 11) is -3.22. The van der Waals surface area contributed by atoms with Crippen LogP contribution < -0.4 is 9.62 Å². The van der Waals surface area contributed by atoms with Crippen molar-refractivity contribution in [3.05, 3.63) is 22.9 Å². The summed E-state index contributed by atoms with van der Waals surface area (Å²) in [5, 5.41) is 9.47. The third kappa shape index (κ3) is 3.82. The van der Waals surface area contributed by atoms with Crippen molar-refractivity contribution in [2.45, 2.75) is 44.6 Å². The van der Waals surface area contributed by atoms with Crippen LogP contribution in [0.5, 0.6) is 0 Å². The van der Waals surface area contributed by atoms with Gasteiger partial charge in [-0.05, 0) is 50.2 Å². The minimum Gasteiger partial charge on any atom is -0.354 e. The highest BCUT2D eigenvalue weighted by Crippen LogP contribution is 2.28. The lowest BCUT2D eigenvalue weighted by atomic mass is 9.94. The quantitative estimate of drug-likeness (QED) is 0.902. The van der Waals surface area contributed by atoms with E-state index in [0.29, 0.717) is 17.9 Å². The van der Waals surface area contributed by atoms with Crippen LogP contribution in [0.25, 0.3) is 0 Å². The molecule has 0 unspecified atom stereocenters. The molecule has 124 valence electrons. The molecule has 7 heteroatoms. The molecule has 0 radical (unpaired) electrons. The van der Waals surface area contributed by atoms with Crippen molar-refractivity contribution in [3.8, 4) is 6.07 Å². The molecule has 1 aliphatic heterocycles. The Bertz CT molecular complexity index is 739. The molecular formula is C16H22N4O2S. The number of rotatable bonds is 3. The van der Waals surface area contributed by atoms with Gasteiger partial charge in [0, 0.05) is 24.8 Å². The molecule has 0 spiro atoms. The van der Waals surface area contributed by atoms with E-state index in [1.165, 1.54) is 11.8 Å². The molecular weight excluding hydrogens is 312 g/mol. The van der Waals surface area contributed by atoms with Gasteiger partial charge < -0.3 is 4.90 Å². The Morgan fingerprint density at radius 2 is 2.13 bits per heavy atom. The van der Waals surface area contributed by atoms with Crippen molar-refractivity contribution in [2.75, 3.05) is 24.2 Å². The minimum atomic E-state index is -3.22. The lowest BCUT2D eigenvalue weighted by Crippen LogP contribution is -2.48. The number of fused-ring (bicyclic) bond motifs is 1. The topological polar surface area (TPSA) is 86.1 Å². The maximum absolute atomic E-state index is 11.5. The molecule has 1 atom stereocenters. The van der Waals surface area contributed by atoms with Crippen LogP contribution in [-0.2, 0) is 22.9 Å². The van der Waals surface area contributed by atoms with Gasteiger partial charge in [-0.2, -0.15) is 5.26 Å². The second-order valence-corrected chi connectivity index (χ2v) is 8.24. The van der Waals surface area contributed by atoms with Gasteiger partial charge >= 0.3 is 0 Å². The zero-order chi connectivity index (χ0) is 16.4. The molecule has 1 aliphatic carbocycles. The van der Waals surface area contributed by atoms with Gasteiger partial charge in [-0.3, -0.25) is 0 Å². The molecule has 1 aromatic heterocycles. The lowest BCUT2D eigenvalue weighted by molar-refractivity contribution is 0.465. The highest BCUT2D eigenvalue weighted by atomic mass is 32.2. The number of anilines is 1. The van der Waals surface area contributed by atoms with Crippen LogP contribution in [0.1, 0.15) is 42.5 Å². The van der Waals surface area contributed by atoms with Gasteiger partial charge in [-0.15, -0.1) is 0 Å². The summed E-state index contributed by atoms with van der Waals surface area (Å²) < 4.78 is 25.6. The maximum Gasteiger partial charge on any atom is 0.209 e. The Labute approximate surface area is 137 Å². The van der Waals surface area contributed by atoms with E-state index in [0.717, 1.165) is 50.8 Å². The number of hydrogen-bond acceptors (Lipinski definition) is 5. The van der Waals surface area contributed by atoms with Crippen LogP contribution >= 0.6 is 0 Å². The molecule has 0 bridgehead atoms. The number of sulfonamides is 1. The third-order valence-electron chi connectivity index (χ3n) is 4.50. The van der Waals surface area contributed by atoms with Crippen LogP contribution in [0.15, 0.2) is 6.07 Å². The smallest absolute Gasteiger partial charge is 0.209 e. The Balaban J connectivity index is 1.87. The van der Waals surface area contributed by atoms with E-state index in [-0.39, 0.29) is 6.04 Å². The summed E-state index contributed by atoms with van der Waals surface area (Å²) in [6.07, 6.45) is 7.14. The summed E-state index contributed by atoms with van der Waals surface area (Å²) in [4.78, 5) is 6.82. The molecule has 2 heterocycles. The van der Waals surface area contributed by atoms with E-state index in [1.807, 2.05) is 6.07 Å². The van der Waals surface area contributed by atoms with E-state index >= 15 is 0 Å². The number of nitrogens with zero attached hydrogens (tertiary/aromatic N) is 3. The number of nitrogens with one attached hydrogen (secondary N) is 1. The monoisotopic (exact) mass is 334 g/mol. The Morgan fingerprint density at radius 3 is 2.87 bits per heavy atom. The van der Waals surface area contributed by atoms with Crippen molar-refractivity contribution in [1.82, 2.24) is 9.71 Å². The summed E-state index contributed by atoms with van der Waals surface area (Å²) in [5.74, 6) is 0.716. The normalized spacial score (nSPS) is 21.6. The fourth-order valence-corrected chi connectivity index (χ4v) is 4.31. The molecule has 6 nitrogen and oxygen atoms in total. The first-order chi connectivity index (χ1) is 11.0. The van der Waals surface area contributed by atoms with Gasteiger partial charge in [0.05, 0.1) is 11.8 Å². The first-order valence-electron chi connectivity index (χ1n) is 8.11. The van der Waals surface area contributed by atoms with Gasteiger partial charge in [0.25, 0.3) is 0 Å². The second-order valence-electron chi connectivity index (χ2n) is 6.46. The van der Waals surface area contributed by atoms with Gasteiger partial charge in [0.1, 0.15) is 11.9 Å². The number of hydrogen-bond donors (Lipinski definition) is 1. The predicted octanol–water partition coefficient (Wildman–Crippen LogP) is 1.35. The number of aryl methyl sites for hydroxylation is 2. The van der Waals surface area contributed by atoms with Crippen LogP contribution in [0, 0.1) is 11.3 Å². The van der Waals surface area contributed by atoms with Gasteiger partial charge in [0.15, 0.2) is 0 Å². The highest BCUT2D eigenvalue weighted by Gasteiger charge is 2.26. The van der Waals surface area contributed by atoms with E-state index in [2.05, 4.69) is 15.7 Å². The average Bonchev–Trinajstić information content (AvgIpc) is 2.52. The predicted molar refractivity (Wildman–Crippen MR) is 88.8 cm³/mol. The van der Waals surface area contributed by atoms with Crippen molar-refractivity contribution in [2.24, 2.45) is 0 Å². The van der Waals surface area contributed by atoms with E-state index < -0.39 is 10.0 Å². The van der Waals surface area contributed by atoms with Gasteiger partial charge in [-0.25, -0.2) is 18.1 Å². The number of aromatic nitrogens is 1. The molecule has 0 amide bonds. The lowest BCUT2D eigenvalue weighted by Gasteiger charge is -2.34. The van der Waals surface area contributed by atoms with Gasteiger partial charge in [0.2, 0.25) is 10.0 Å². The van der Waals surface area contributed by atoms with Crippen LogP contribution in [0.2, 0.25) is 0 Å². The molecule has 1 N–H and O–H groups in total. The first-order valence-corrected chi connectivity index (χ1v) is 10.0. The Hall–Kier alpha value is -1.65. The van der Waals surface area contributed by atoms with Gasteiger partial charge in [-0.1, -0.05) is 0 Å². The molecule has 1 fully saturated rings. The minimum absolute atomic E-state index is 0.122. The number of nitriles is 1. The fraction of sp³-hybridized carbons (Fsp3) is 0.625. The first kappa shape index (κ1) is 16.2. The largest absolute Gasteiger partial charge is 0.354 e. The zero-order valence-electron chi connectivity index (χ0n) is 13.4. The van der Waals surface area contributed by atoms with E-state index in [4.69, 9.17) is 4.98 Å². The molecule has 1 saturated heterocycles. The molecule has 3 rings (SSSR count). The van der Waals surface area contributed by atoms with Crippen LogP contribution in [0.3, 0.4) is 0 Å². The van der Waals surface area contributed by atoms with Crippen molar-refractivity contribution in [3.63, 3.8) is 0 Å². The van der Waals surface area contributed by atoms with Crippen molar-refractivity contribution < 1.29 is 8.42 Å². The number of pyridine rings is 1. The molecule has 0 saturated carbocycles. The van der Waals surface area contributed by atoms with E-state index in [9.17, 15) is 13.7 Å². The van der Waals surface area contributed by atoms with E-state index in [1.54, 1.807) is 0 Å². The SMILES string of the molecule is CS(=O)(=O)N[C@@H]1CCCN(c2nc3c(cc2C#N)CCCC3)C1. The summed E-state index contributed by atoms with van der Waals surface area (Å²) >= 11 is 0. The van der Waals surface area contributed by atoms with Crippen molar-refractivity contribution in [1.29, 1.82) is 5.26 Å². The third-order valence-corrected chi connectivity index (χ3v) is 5.26. The highest BCUT2D eigenvalue weighted by molar-refractivity contribution is 7.88. The van der Waals surface area contributed by atoms with Crippen molar-refractivity contribution >= 4 is 15.8 Å². The Morgan fingerprint density at radius 1 is 1.35 bits per heavy atom. The fourth-order valence-electron chi connectivity index (χ4n) is 3.51.